The number of carbonyl (C=O) groups excluding carboxylic acids is 1. The van der Waals surface area contributed by atoms with E-state index < -0.39 is 0 Å². The third kappa shape index (κ3) is 5.36. The van der Waals surface area contributed by atoms with Gasteiger partial charge < -0.3 is 9.84 Å². The maximum absolute atomic E-state index is 12.4. The van der Waals surface area contributed by atoms with E-state index in [1.165, 1.54) is 0 Å². The first-order chi connectivity index (χ1) is 14.6. The Labute approximate surface area is 184 Å². The predicted molar refractivity (Wildman–Crippen MR) is 114 cm³/mol. The number of hydrogen-bond acceptors (Lipinski definition) is 6. The molecule has 0 unspecified atom stereocenters. The molecule has 0 bridgehead atoms. The summed E-state index contributed by atoms with van der Waals surface area (Å²) >= 11 is 12.1. The van der Waals surface area contributed by atoms with Crippen LogP contribution in [-0.2, 0) is 17.8 Å². The molecule has 9 heteroatoms. The zero-order valence-corrected chi connectivity index (χ0v) is 17.7. The molecule has 1 fully saturated rings. The van der Waals surface area contributed by atoms with Gasteiger partial charge in [-0.3, -0.25) is 14.7 Å². The number of piperidine rings is 1. The van der Waals surface area contributed by atoms with Crippen molar-refractivity contribution in [3.05, 3.63) is 64.1 Å². The van der Waals surface area contributed by atoms with Crippen LogP contribution in [0.5, 0.6) is 0 Å². The van der Waals surface area contributed by atoms with Crippen molar-refractivity contribution < 1.29 is 9.32 Å². The largest absolute Gasteiger partial charge is 0.353 e. The summed E-state index contributed by atoms with van der Waals surface area (Å²) in [4.78, 5) is 23.2. The third-order valence-corrected chi connectivity index (χ3v) is 5.76. The molecule has 3 heterocycles. The highest BCUT2D eigenvalue weighted by Crippen LogP contribution is 2.24. The first-order valence-electron chi connectivity index (χ1n) is 9.76. The van der Waals surface area contributed by atoms with E-state index in [9.17, 15) is 4.79 Å². The summed E-state index contributed by atoms with van der Waals surface area (Å²) in [6.45, 7) is 2.61. The Morgan fingerprint density at radius 2 is 2.00 bits per heavy atom. The van der Waals surface area contributed by atoms with E-state index in [0.29, 0.717) is 21.6 Å². The minimum Gasteiger partial charge on any atom is -0.353 e. The third-order valence-electron chi connectivity index (χ3n) is 5.02. The number of nitrogens with one attached hydrogen (secondary N) is 1. The first kappa shape index (κ1) is 20.8. The van der Waals surface area contributed by atoms with Gasteiger partial charge in [-0.05, 0) is 42.7 Å². The summed E-state index contributed by atoms with van der Waals surface area (Å²) in [6.07, 6.45) is 3.49. The predicted octanol–water partition coefficient (Wildman–Crippen LogP) is 3.76. The van der Waals surface area contributed by atoms with Crippen LogP contribution in [0.25, 0.3) is 11.5 Å². The Morgan fingerprint density at radius 3 is 2.73 bits per heavy atom. The normalized spacial score (nSPS) is 15.3. The molecule has 1 N–H and O–H groups in total. The van der Waals surface area contributed by atoms with Crippen LogP contribution in [-0.4, -0.2) is 45.1 Å². The van der Waals surface area contributed by atoms with E-state index in [0.717, 1.165) is 38.0 Å². The molecule has 4 rings (SSSR count). The van der Waals surface area contributed by atoms with Gasteiger partial charge in [0.2, 0.25) is 17.6 Å². The summed E-state index contributed by atoms with van der Waals surface area (Å²) in [7, 11) is 0. The molecule has 30 heavy (non-hydrogen) atoms. The van der Waals surface area contributed by atoms with Crippen LogP contribution in [0.15, 0.2) is 47.1 Å². The number of likely N-dealkylation sites (tertiary alicyclic amines) is 1. The number of aromatic nitrogens is 3. The summed E-state index contributed by atoms with van der Waals surface area (Å²) < 4.78 is 5.19. The number of amides is 1. The van der Waals surface area contributed by atoms with E-state index in [2.05, 4.69) is 25.3 Å². The van der Waals surface area contributed by atoms with Crippen molar-refractivity contribution in [2.24, 2.45) is 0 Å². The van der Waals surface area contributed by atoms with Crippen LogP contribution in [0.1, 0.15) is 24.3 Å². The van der Waals surface area contributed by atoms with Crippen LogP contribution in [0, 0.1) is 0 Å². The molecule has 1 amide bonds. The second-order valence-corrected chi connectivity index (χ2v) is 8.08. The van der Waals surface area contributed by atoms with Crippen molar-refractivity contribution >= 4 is 29.1 Å². The van der Waals surface area contributed by atoms with Gasteiger partial charge >= 0.3 is 0 Å². The molecule has 7 nitrogen and oxygen atoms in total. The molecule has 0 spiro atoms. The number of halogens is 2. The molecule has 156 valence electrons. The van der Waals surface area contributed by atoms with E-state index >= 15 is 0 Å². The van der Waals surface area contributed by atoms with Gasteiger partial charge in [0.05, 0.1) is 10.0 Å². The fourth-order valence-electron chi connectivity index (χ4n) is 3.47. The van der Waals surface area contributed by atoms with E-state index in [-0.39, 0.29) is 24.3 Å². The summed E-state index contributed by atoms with van der Waals surface area (Å²) in [6, 6.07) is 11.3. The number of hydrogen-bond donors (Lipinski definition) is 1. The lowest BCUT2D eigenvalue weighted by Crippen LogP contribution is -2.44. The number of nitrogens with zero attached hydrogens (tertiary/aromatic N) is 4. The summed E-state index contributed by atoms with van der Waals surface area (Å²) in [5.41, 5.74) is 1.74. The van der Waals surface area contributed by atoms with Gasteiger partial charge in [-0.15, -0.1) is 0 Å². The summed E-state index contributed by atoms with van der Waals surface area (Å²) in [5, 5.41) is 8.10. The van der Waals surface area contributed by atoms with Gasteiger partial charge in [0.1, 0.15) is 12.1 Å². The fraction of sp³-hybridized carbons (Fsp3) is 0.333. The number of rotatable bonds is 6. The maximum atomic E-state index is 12.4. The van der Waals surface area contributed by atoms with E-state index in [4.69, 9.17) is 27.7 Å². The fourth-order valence-corrected chi connectivity index (χ4v) is 3.79. The van der Waals surface area contributed by atoms with Gasteiger partial charge in [0, 0.05) is 31.9 Å². The molecule has 0 aliphatic carbocycles. The Hall–Kier alpha value is -2.48. The number of pyridine rings is 1. The summed E-state index contributed by atoms with van der Waals surface area (Å²) in [5.74, 6) is 0.549. The Kier molecular flexibility index (Phi) is 6.62. The maximum Gasteiger partial charge on any atom is 0.236 e. The molecule has 0 radical (unpaired) electrons. The van der Waals surface area contributed by atoms with Gasteiger partial charge in [-0.25, -0.2) is 0 Å². The van der Waals surface area contributed by atoms with Gasteiger partial charge in [-0.1, -0.05) is 40.5 Å². The first-order valence-corrected chi connectivity index (χ1v) is 10.5. The standard InChI is InChI=1S/C21H21Cl2N5O2/c22-16-5-4-14(11-17(16)23)13-28-9-6-15(7-10-28)25-19(29)12-20-26-21(27-30-20)18-3-1-2-8-24-18/h1-5,8,11,15H,6-7,9-10,12-13H2,(H,25,29). The topological polar surface area (TPSA) is 84.1 Å². The highest BCUT2D eigenvalue weighted by Gasteiger charge is 2.22. The molecule has 0 atom stereocenters. The molecule has 0 saturated carbocycles. The average Bonchev–Trinajstić information content (AvgIpc) is 3.21. The molecule has 2 aromatic heterocycles. The molecule has 1 aliphatic rings. The lowest BCUT2D eigenvalue weighted by Gasteiger charge is -2.32. The molecular weight excluding hydrogens is 425 g/mol. The number of benzene rings is 1. The van der Waals surface area contributed by atoms with E-state index in [1.54, 1.807) is 12.3 Å². The second-order valence-electron chi connectivity index (χ2n) is 7.27. The lowest BCUT2D eigenvalue weighted by atomic mass is 10.0. The Bertz CT molecular complexity index is 1000. The smallest absolute Gasteiger partial charge is 0.236 e. The van der Waals surface area contributed by atoms with Gasteiger partial charge in [-0.2, -0.15) is 4.98 Å². The van der Waals surface area contributed by atoms with Crippen molar-refractivity contribution in [1.29, 1.82) is 0 Å². The van der Waals surface area contributed by atoms with Crippen LogP contribution >= 0.6 is 23.2 Å². The van der Waals surface area contributed by atoms with Crippen molar-refractivity contribution in [3.8, 4) is 11.5 Å². The van der Waals surface area contributed by atoms with Crippen molar-refractivity contribution in [3.63, 3.8) is 0 Å². The molecule has 1 aliphatic heterocycles. The zero-order chi connectivity index (χ0) is 20.9. The van der Waals surface area contributed by atoms with Crippen LogP contribution in [0.2, 0.25) is 10.0 Å². The Morgan fingerprint density at radius 1 is 1.17 bits per heavy atom. The highest BCUT2D eigenvalue weighted by molar-refractivity contribution is 6.42. The molecular formula is C21H21Cl2N5O2. The van der Waals surface area contributed by atoms with E-state index in [1.807, 2.05) is 30.3 Å². The quantitative estimate of drug-likeness (QED) is 0.621. The molecule has 3 aromatic rings. The zero-order valence-electron chi connectivity index (χ0n) is 16.2. The average molecular weight is 446 g/mol. The molecule has 1 aromatic carbocycles. The van der Waals surface area contributed by atoms with Crippen LogP contribution < -0.4 is 5.32 Å². The SMILES string of the molecule is O=C(Cc1nc(-c2ccccn2)no1)NC1CCN(Cc2ccc(Cl)c(Cl)c2)CC1. The van der Waals surface area contributed by atoms with Crippen molar-refractivity contribution in [2.75, 3.05) is 13.1 Å². The minimum absolute atomic E-state index is 0.0589. The van der Waals surface area contributed by atoms with Crippen LogP contribution in [0.4, 0.5) is 0 Å². The van der Waals surface area contributed by atoms with Crippen LogP contribution in [0.3, 0.4) is 0 Å². The van der Waals surface area contributed by atoms with Gasteiger partial charge in [0.25, 0.3) is 0 Å². The van der Waals surface area contributed by atoms with Crippen molar-refractivity contribution in [1.82, 2.24) is 25.3 Å². The Balaban J connectivity index is 1.23. The van der Waals surface area contributed by atoms with Crippen molar-refractivity contribution in [2.45, 2.75) is 31.8 Å². The molecule has 1 saturated heterocycles. The highest BCUT2D eigenvalue weighted by atomic mass is 35.5. The minimum atomic E-state index is -0.117. The van der Waals surface area contributed by atoms with Gasteiger partial charge in [0.15, 0.2) is 0 Å². The number of carbonyl (C=O) groups is 1. The lowest BCUT2D eigenvalue weighted by molar-refractivity contribution is -0.121. The monoisotopic (exact) mass is 445 g/mol. The second kappa shape index (κ2) is 9.55.